The zero-order valence-electron chi connectivity index (χ0n) is 13.0. The van der Waals surface area contributed by atoms with Crippen molar-refractivity contribution in [1.82, 2.24) is 10.2 Å². The van der Waals surface area contributed by atoms with Gasteiger partial charge in [0.1, 0.15) is 0 Å². The summed E-state index contributed by atoms with van der Waals surface area (Å²) in [6.07, 6.45) is 3.69. The summed E-state index contributed by atoms with van der Waals surface area (Å²) in [5, 5.41) is 3.69. The Balaban J connectivity index is 2.49. The summed E-state index contributed by atoms with van der Waals surface area (Å²) in [5.41, 5.74) is 0.255. The Hall–Kier alpha value is -0.120. The molecule has 108 valence electrons. The highest BCUT2D eigenvalue weighted by Crippen LogP contribution is 2.22. The molecule has 3 nitrogen and oxygen atoms in total. The van der Waals surface area contributed by atoms with Crippen LogP contribution in [0.25, 0.3) is 0 Å². The number of rotatable bonds is 7. The van der Waals surface area contributed by atoms with Crippen molar-refractivity contribution in [2.45, 2.75) is 58.5 Å². The molecule has 0 radical (unpaired) electrons. The molecule has 0 saturated carbocycles. The molecule has 1 aliphatic rings. The van der Waals surface area contributed by atoms with E-state index in [9.17, 15) is 0 Å². The minimum absolute atomic E-state index is 0.255. The third kappa shape index (κ3) is 4.87. The van der Waals surface area contributed by atoms with Crippen molar-refractivity contribution in [3.8, 4) is 0 Å². The molecule has 0 spiro atoms. The number of unbranched alkanes of at least 4 members (excludes halogenated alkanes) is 1. The van der Waals surface area contributed by atoms with Crippen LogP contribution < -0.4 is 5.32 Å². The van der Waals surface area contributed by atoms with Crippen LogP contribution in [0.4, 0.5) is 0 Å². The Bertz CT molecular complexity index is 231. The maximum Gasteiger partial charge on any atom is 0.0462 e. The Morgan fingerprint density at radius 2 is 2.11 bits per heavy atom. The fourth-order valence-corrected chi connectivity index (χ4v) is 2.83. The maximum absolute atomic E-state index is 5.14. The van der Waals surface area contributed by atoms with Crippen molar-refractivity contribution in [3.63, 3.8) is 0 Å². The van der Waals surface area contributed by atoms with Crippen molar-refractivity contribution in [2.24, 2.45) is 5.92 Å². The van der Waals surface area contributed by atoms with Crippen molar-refractivity contribution in [2.75, 3.05) is 33.4 Å². The van der Waals surface area contributed by atoms with Crippen molar-refractivity contribution in [3.05, 3.63) is 0 Å². The SMILES string of the molecule is CCC(C)C1CNC(C)(C)CN1CCCCOC. The van der Waals surface area contributed by atoms with E-state index in [2.05, 4.69) is 37.9 Å². The van der Waals surface area contributed by atoms with Crippen LogP contribution in [0.15, 0.2) is 0 Å². The first-order valence-corrected chi connectivity index (χ1v) is 7.48. The monoisotopic (exact) mass is 256 g/mol. The minimum atomic E-state index is 0.255. The minimum Gasteiger partial charge on any atom is -0.385 e. The lowest BCUT2D eigenvalue weighted by Crippen LogP contribution is -2.63. The fourth-order valence-electron chi connectivity index (χ4n) is 2.83. The maximum atomic E-state index is 5.14. The largest absolute Gasteiger partial charge is 0.385 e. The lowest BCUT2D eigenvalue weighted by molar-refractivity contribution is 0.0601. The summed E-state index contributed by atoms with van der Waals surface area (Å²) >= 11 is 0. The molecule has 0 aromatic heterocycles. The fraction of sp³-hybridized carbons (Fsp3) is 1.00. The van der Waals surface area contributed by atoms with Gasteiger partial charge in [-0.15, -0.1) is 0 Å². The molecule has 0 amide bonds. The van der Waals surface area contributed by atoms with E-state index in [4.69, 9.17) is 4.74 Å². The molecular formula is C15H32N2O. The van der Waals surface area contributed by atoms with Crippen LogP contribution in [0.2, 0.25) is 0 Å². The number of piperazine rings is 1. The molecule has 2 atom stereocenters. The van der Waals surface area contributed by atoms with Crippen LogP contribution in [-0.4, -0.2) is 49.8 Å². The number of nitrogens with zero attached hydrogens (tertiary/aromatic N) is 1. The van der Waals surface area contributed by atoms with E-state index in [1.165, 1.54) is 25.8 Å². The zero-order chi connectivity index (χ0) is 13.6. The third-order valence-electron chi connectivity index (χ3n) is 4.20. The standard InChI is InChI=1S/C15H32N2O/c1-6-13(2)14-11-16-15(3,4)12-17(14)9-7-8-10-18-5/h13-14,16H,6-12H2,1-5H3. The van der Waals surface area contributed by atoms with E-state index in [0.717, 1.165) is 25.6 Å². The van der Waals surface area contributed by atoms with Gasteiger partial charge in [-0.25, -0.2) is 0 Å². The predicted molar refractivity (Wildman–Crippen MR) is 78.0 cm³/mol. The Labute approximate surface area is 113 Å². The van der Waals surface area contributed by atoms with Crippen LogP contribution >= 0.6 is 0 Å². The summed E-state index contributed by atoms with van der Waals surface area (Å²) in [4.78, 5) is 2.69. The van der Waals surface area contributed by atoms with E-state index in [1.807, 2.05) is 0 Å². The molecule has 1 fully saturated rings. The normalized spacial score (nSPS) is 26.2. The van der Waals surface area contributed by atoms with Crippen LogP contribution in [0.1, 0.15) is 47.0 Å². The summed E-state index contributed by atoms with van der Waals surface area (Å²) in [6.45, 7) is 13.7. The molecule has 0 bridgehead atoms. The summed E-state index contributed by atoms with van der Waals surface area (Å²) in [6, 6.07) is 0.700. The van der Waals surface area contributed by atoms with Gasteiger partial charge in [0.25, 0.3) is 0 Å². The Kier molecular flexibility index (Phi) is 6.61. The molecule has 1 heterocycles. The number of ether oxygens (including phenoxy) is 1. The first kappa shape index (κ1) is 15.9. The highest BCUT2D eigenvalue weighted by Gasteiger charge is 2.34. The molecule has 1 rings (SSSR count). The molecule has 18 heavy (non-hydrogen) atoms. The number of hydrogen-bond acceptors (Lipinski definition) is 3. The van der Waals surface area contributed by atoms with Crippen LogP contribution in [-0.2, 0) is 4.74 Å². The molecule has 1 saturated heterocycles. The van der Waals surface area contributed by atoms with Crippen molar-refractivity contribution in [1.29, 1.82) is 0 Å². The molecular weight excluding hydrogens is 224 g/mol. The molecule has 0 aliphatic carbocycles. The van der Waals surface area contributed by atoms with Gasteiger partial charge in [0, 0.05) is 38.4 Å². The summed E-state index contributed by atoms with van der Waals surface area (Å²) < 4.78 is 5.14. The predicted octanol–water partition coefficient (Wildman–Crippen LogP) is 2.51. The second-order valence-corrected chi connectivity index (χ2v) is 6.39. The average Bonchev–Trinajstić information content (AvgIpc) is 2.33. The van der Waals surface area contributed by atoms with Crippen LogP contribution in [0.3, 0.4) is 0 Å². The highest BCUT2D eigenvalue weighted by atomic mass is 16.5. The van der Waals surface area contributed by atoms with Gasteiger partial charge in [0.05, 0.1) is 0 Å². The van der Waals surface area contributed by atoms with E-state index in [0.29, 0.717) is 6.04 Å². The molecule has 0 aromatic carbocycles. The van der Waals surface area contributed by atoms with Crippen molar-refractivity contribution < 1.29 is 4.74 Å². The topological polar surface area (TPSA) is 24.5 Å². The van der Waals surface area contributed by atoms with E-state index in [1.54, 1.807) is 7.11 Å². The van der Waals surface area contributed by atoms with Gasteiger partial charge >= 0.3 is 0 Å². The van der Waals surface area contributed by atoms with Crippen LogP contribution in [0.5, 0.6) is 0 Å². The quantitative estimate of drug-likeness (QED) is 0.708. The number of methoxy groups -OCH3 is 1. The molecule has 1 aliphatic heterocycles. The Morgan fingerprint density at radius 1 is 1.39 bits per heavy atom. The van der Waals surface area contributed by atoms with Gasteiger partial charge < -0.3 is 10.1 Å². The Morgan fingerprint density at radius 3 is 2.72 bits per heavy atom. The number of nitrogens with one attached hydrogen (secondary N) is 1. The average molecular weight is 256 g/mol. The second kappa shape index (κ2) is 7.46. The summed E-state index contributed by atoms with van der Waals surface area (Å²) in [5.74, 6) is 0.774. The van der Waals surface area contributed by atoms with Gasteiger partial charge in [-0.2, -0.15) is 0 Å². The third-order valence-corrected chi connectivity index (χ3v) is 4.20. The summed E-state index contributed by atoms with van der Waals surface area (Å²) in [7, 11) is 1.79. The lowest BCUT2D eigenvalue weighted by atomic mass is 9.90. The molecule has 2 unspecified atom stereocenters. The zero-order valence-corrected chi connectivity index (χ0v) is 13.0. The van der Waals surface area contributed by atoms with Crippen LogP contribution in [0, 0.1) is 5.92 Å². The van der Waals surface area contributed by atoms with Gasteiger partial charge in [-0.1, -0.05) is 20.3 Å². The first-order valence-electron chi connectivity index (χ1n) is 7.48. The number of hydrogen-bond donors (Lipinski definition) is 1. The van der Waals surface area contributed by atoms with E-state index < -0.39 is 0 Å². The highest BCUT2D eigenvalue weighted by molar-refractivity contribution is 4.93. The molecule has 0 aromatic rings. The first-order chi connectivity index (χ1) is 8.50. The smallest absolute Gasteiger partial charge is 0.0462 e. The second-order valence-electron chi connectivity index (χ2n) is 6.39. The van der Waals surface area contributed by atoms with Gasteiger partial charge in [0.15, 0.2) is 0 Å². The lowest BCUT2D eigenvalue weighted by Gasteiger charge is -2.47. The van der Waals surface area contributed by atoms with E-state index >= 15 is 0 Å². The van der Waals surface area contributed by atoms with Gasteiger partial charge in [0.2, 0.25) is 0 Å². The van der Waals surface area contributed by atoms with E-state index in [-0.39, 0.29) is 5.54 Å². The van der Waals surface area contributed by atoms with Gasteiger partial charge in [-0.3, -0.25) is 4.90 Å². The van der Waals surface area contributed by atoms with Gasteiger partial charge in [-0.05, 0) is 39.2 Å². The van der Waals surface area contributed by atoms with Crippen molar-refractivity contribution >= 4 is 0 Å². The molecule has 1 N–H and O–H groups in total. The molecule has 3 heteroatoms.